The van der Waals surface area contributed by atoms with Gasteiger partial charge in [-0.05, 0) is 18.2 Å². The zero-order valence-corrected chi connectivity index (χ0v) is 14.3. The van der Waals surface area contributed by atoms with Crippen LogP contribution in [0.5, 0.6) is 0 Å². The van der Waals surface area contributed by atoms with Gasteiger partial charge in [-0.1, -0.05) is 23.2 Å². The molecule has 0 aliphatic rings. The van der Waals surface area contributed by atoms with Crippen LogP contribution in [-0.2, 0) is 15.0 Å². The summed E-state index contributed by atoms with van der Waals surface area (Å²) >= 11 is 12.0. The number of hydrogen-bond donors (Lipinski definition) is 1. The highest BCUT2D eigenvalue weighted by molar-refractivity contribution is 7.87. The van der Waals surface area contributed by atoms with Gasteiger partial charge in [0.1, 0.15) is 0 Å². The molecule has 1 aromatic rings. The van der Waals surface area contributed by atoms with Crippen molar-refractivity contribution in [3.8, 4) is 0 Å². The van der Waals surface area contributed by atoms with Crippen molar-refractivity contribution < 1.29 is 13.2 Å². The molecule has 0 bridgehead atoms. The summed E-state index contributed by atoms with van der Waals surface area (Å²) in [6, 6.07) is 4.76. The van der Waals surface area contributed by atoms with E-state index < -0.39 is 10.2 Å². The molecule has 0 aromatic heterocycles. The molecule has 0 spiro atoms. The number of hydrogen-bond acceptors (Lipinski definition) is 3. The molecule has 21 heavy (non-hydrogen) atoms. The van der Waals surface area contributed by atoms with Gasteiger partial charge < -0.3 is 4.90 Å². The molecule has 6 nitrogen and oxygen atoms in total. The number of carbonyl (C=O) groups is 1. The van der Waals surface area contributed by atoms with Crippen molar-refractivity contribution in [2.24, 2.45) is 0 Å². The zero-order chi connectivity index (χ0) is 16.2. The summed E-state index contributed by atoms with van der Waals surface area (Å²) < 4.78 is 26.6. The second kappa shape index (κ2) is 7.42. The molecule has 0 aliphatic carbocycles. The number of anilines is 1. The lowest BCUT2D eigenvalue weighted by Crippen LogP contribution is -2.41. The highest BCUT2D eigenvalue weighted by Crippen LogP contribution is 2.28. The van der Waals surface area contributed by atoms with Gasteiger partial charge in [-0.3, -0.25) is 4.79 Å². The Labute approximate surface area is 134 Å². The zero-order valence-electron chi connectivity index (χ0n) is 11.9. The van der Waals surface area contributed by atoms with Gasteiger partial charge in [-0.2, -0.15) is 12.7 Å². The van der Waals surface area contributed by atoms with E-state index in [1.165, 1.54) is 25.9 Å². The Morgan fingerprint density at radius 3 is 2.43 bits per heavy atom. The van der Waals surface area contributed by atoms with Crippen molar-refractivity contribution in [1.29, 1.82) is 0 Å². The molecule has 0 unspecified atom stereocenters. The third-order valence-electron chi connectivity index (χ3n) is 2.68. The standard InChI is InChI=1S/C12H17Cl2N3O3S/c1-9(18)17(7-6-15-21(19,20)16(2)3)12-8-10(13)4-5-11(12)14/h4-5,8,15H,6-7H2,1-3H3. The van der Waals surface area contributed by atoms with Crippen molar-refractivity contribution in [3.63, 3.8) is 0 Å². The summed E-state index contributed by atoms with van der Waals surface area (Å²) in [7, 11) is -0.703. The van der Waals surface area contributed by atoms with Crippen LogP contribution in [-0.4, -0.2) is 45.8 Å². The molecule has 9 heteroatoms. The third kappa shape index (κ3) is 5.12. The van der Waals surface area contributed by atoms with E-state index in [4.69, 9.17) is 23.2 Å². The SMILES string of the molecule is CC(=O)N(CCNS(=O)(=O)N(C)C)c1cc(Cl)ccc1Cl. The Bertz CT molecular complexity index is 620. The number of benzene rings is 1. The molecule has 0 heterocycles. The van der Waals surface area contributed by atoms with Crippen molar-refractivity contribution in [3.05, 3.63) is 28.2 Å². The van der Waals surface area contributed by atoms with Crippen LogP contribution >= 0.6 is 23.2 Å². The molecule has 0 fully saturated rings. The van der Waals surface area contributed by atoms with E-state index in [0.29, 0.717) is 15.7 Å². The molecule has 1 rings (SSSR count). The second-order valence-electron chi connectivity index (χ2n) is 4.45. The van der Waals surface area contributed by atoms with Crippen LogP contribution in [0.1, 0.15) is 6.92 Å². The van der Waals surface area contributed by atoms with Crippen LogP contribution in [0.3, 0.4) is 0 Å². The Morgan fingerprint density at radius 2 is 1.90 bits per heavy atom. The fraction of sp³-hybridized carbons (Fsp3) is 0.417. The van der Waals surface area contributed by atoms with Gasteiger partial charge in [0.05, 0.1) is 10.7 Å². The minimum Gasteiger partial charge on any atom is -0.310 e. The van der Waals surface area contributed by atoms with Gasteiger partial charge in [-0.15, -0.1) is 0 Å². The van der Waals surface area contributed by atoms with Gasteiger partial charge in [-0.25, -0.2) is 4.72 Å². The van der Waals surface area contributed by atoms with E-state index in [1.54, 1.807) is 18.2 Å². The van der Waals surface area contributed by atoms with Crippen molar-refractivity contribution >= 4 is 45.0 Å². The van der Waals surface area contributed by atoms with Crippen molar-refractivity contribution in [2.75, 3.05) is 32.1 Å². The van der Waals surface area contributed by atoms with E-state index in [-0.39, 0.29) is 19.0 Å². The minimum absolute atomic E-state index is 0.0585. The number of amides is 1. The van der Waals surface area contributed by atoms with Gasteiger partial charge in [0.15, 0.2) is 0 Å². The molecule has 0 saturated carbocycles. The largest absolute Gasteiger partial charge is 0.310 e. The maximum Gasteiger partial charge on any atom is 0.278 e. The number of halogens is 2. The lowest BCUT2D eigenvalue weighted by atomic mass is 10.2. The van der Waals surface area contributed by atoms with Crippen LogP contribution < -0.4 is 9.62 Å². The Kier molecular flexibility index (Phi) is 6.42. The van der Waals surface area contributed by atoms with E-state index in [1.807, 2.05) is 0 Å². The maximum atomic E-state index is 11.7. The van der Waals surface area contributed by atoms with Gasteiger partial charge in [0, 0.05) is 39.1 Å². The normalized spacial score (nSPS) is 11.7. The van der Waals surface area contributed by atoms with Gasteiger partial charge in [0.25, 0.3) is 10.2 Å². The van der Waals surface area contributed by atoms with Crippen LogP contribution in [0.15, 0.2) is 18.2 Å². The van der Waals surface area contributed by atoms with Crippen LogP contribution in [0, 0.1) is 0 Å². The molecule has 1 aromatic carbocycles. The molecular formula is C12H17Cl2N3O3S. The molecule has 0 saturated heterocycles. The van der Waals surface area contributed by atoms with Crippen LogP contribution in [0.2, 0.25) is 10.0 Å². The molecule has 1 amide bonds. The average molecular weight is 354 g/mol. The Balaban J connectivity index is 2.85. The van der Waals surface area contributed by atoms with Crippen LogP contribution in [0.4, 0.5) is 5.69 Å². The van der Waals surface area contributed by atoms with Crippen LogP contribution in [0.25, 0.3) is 0 Å². The summed E-state index contributed by atoms with van der Waals surface area (Å²) in [6.45, 7) is 1.57. The van der Waals surface area contributed by atoms with Gasteiger partial charge in [0.2, 0.25) is 5.91 Å². The summed E-state index contributed by atoms with van der Waals surface area (Å²) in [5.74, 6) is -0.261. The number of nitrogens with zero attached hydrogens (tertiary/aromatic N) is 2. The summed E-state index contributed by atoms with van der Waals surface area (Å²) in [5, 5.41) is 0.805. The molecule has 1 N–H and O–H groups in total. The molecule has 0 aliphatic heterocycles. The highest BCUT2D eigenvalue weighted by atomic mass is 35.5. The number of nitrogens with one attached hydrogen (secondary N) is 1. The average Bonchev–Trinajstić information content (AvgIpc) is 2.37. The minimum atomic E-state index is -3.53. The molecule has 118 valence electrons. The molecule has 0 atom stereocenters. The monoisotopic (exact) mass is 353 g/mol. The van der Waals surface area contributed by atoms with E-state index in [0.717, 1.165) is 4.31 Å². The van der Waals surface area contributed by atoms with Crippen molar-refractivity contribution in [1.82, 2.24) is 9.03 Å². The fourth-order valence-electron chi connectivity index (χ4n) is 1.56. The predicted molar refractivity (Wildman–Crippen MR) is 85.1 cm³/mol. The first-order chi connectivity index (χ1) is 9.65. The smallest absolute Gasteiger partial charge is 0.278 e. The first-order valence-corrected chi connectivity index (χ1v) is 8.25. The topological polar surface area (TPSA) is 69.7 Å². The first kappa shape index (κ1) is 18.2. The fourth-order valence-corrected chi connectivity index (χ4v) is 2.55. The number of carbonyl (C=O) groups excluding carboxylic acids is 1. The molecular weight excluding hydrogens is 337 g/mol. The third-order valence-corrected chi connectivity index (χ3v) is 4.76. The quantitative estimate of drug-likeness (QED) is 0.846. The van der Waals surface area contributed by atoms with E-state index in [2.05, 4.69) is 4.72 Å². The Morgan fingerprint density at radius 1 is 1.29 bits per heavy atom. The Hall–Kier alpha value is -0.860. The second-order valence-corrected chi connectivity index (χ2v) is 7.26. The van der Waals surface area contributed by atoms with Gasteiger partial charge >= 0.3 is 0 Å². The summed E-state index contributed by atoms with van der Waals surface area (Å²) in [4.78, 5) is 13.1. The predicted octanol–water partition coefficient (Wildman–Crippen LogP) is 1.74. The summed E-state index contributed by atoms with van der Waals surface area (Å²) in [6.07, 6.45) is 0. The summed E-state index contributed by atoms with van der Waals surface area (Å²) in [5.41, 5.74) is 0.445. The lowest BCUT2D eigenvalue weighted by molar-refractivity contribution is -0.116. The van der Waals surface area contributed by atoms with E-state index in [9.17, 15) is 13.2 Å². The van der Waals surface area contributed by atoms with Crippen molar-refractivity contribution in [2.45, 2.75) is 6.92 Å². The van der Waals surface area contributed by atoms with E-state index >= 15 is 0 Å². The number of rotatable bonds is 6. The molecule has 0 radical (unpaired) electrons. The lowest BCUT2D eigenvalue weighted by Gasteiger charge is -2.23. The maximum absolute atomic E-state index is 11.7. The highest BCUT2D eigenvalue weighted by Gasteiger charge is 2.17. The first-order valence-electron chi connectivity index (χ1n) is 6.05.